The Morgan fingerprint density at radius 1 is 1.58 bits per heavy atom. The molecule has 0 aromatic carbocycles. The molecule has 1 aliphatic heterocycles. The summed E-state index contributed by atoms with van der Waals surface area (Å²) < 4.78 is 10.8. The number of unbranched alkanes of at least 4 members (excludes halogenated alkanes) is 1. The third-order valence-electron chi connectivity index (χ3n) is 2.00. The van der Waals surface area contributed by atoms with Gasteiger partial charge in [-0.15, -0.1) is 0 Å². The minimum absolute atomic E-state index is 0.00319. The molecule has 0 bridgehead atoms. The smallest absolute Gasteiger partial charge is 0.199 e. The van der Waals surface area contributed by atoms with E-state index >= 15 is 0 Å². The van der Waals surface area contributed by atoms with Crippen LogP contribution in [-0.2, 0) is 9.47 Å². The summed E-state index contributed by atoms with van der Waals surface area (Å²) in [6, 6.07) is 0. The predicted molar refractivity (Wildman–Crippen MR) is 48.7 cm³/mol. The van der Waals surface area contributed by atoms with Gasteiger partial charge >= 0.3 is 0 Å². The SMILES string of the molecule is CCCCOC1CC(C)C=CO1. The lowest BCUT2D eigenvalue weighted by Crippen LogP contribution is -2.21. The van der Waals surface area contributed by atoms with Gasteiger partial charge in [0.05, 0.1) is 12.9 Å². The number of allylic oxidation sites excluding steroid dienone is 1. The van der Waals surface area contributed by atoms with Gasteiger partial charge < -0.3 is 9.47 Å². The highest BCUT2D eigenvalue weighted by Gasteiger charge is 2.15. The fourth-order valence-corrected chi connectivity index (χ4v) is 1.17. The standard InChI is InChI=1S/C10H18O2/c1-3-4-6-11-10-8-9(2)5-7-12-10/h5,7,9-10H,3-4,6,8H2,1-2H3. The molecule has 0 aromatic rings. The van der Waals surface area contributed by atoms with Crippen molar-refractivity contribution in [3.8, 4) is 0 Å². The zero-order valence-corrected chi connectivity index (χ0v) is 7.95. The van der Waals surface area contributed by atoms with E-state index in [1.165, 1.54) is 6.42 Å². The molecule has 1 heterocycles. The molecule has 2 unspecified atom stereocenters. The normalized spacial score (nSPS) is 28.5. The third-order valence-corrected chi connectivity index (χ3v) is 2.00. The van der Waals surface area contributed by atoms with Gasteiger partial charge in [-0.2, -0.15) is 0 Å². The maximum Gasteiger partial charge on any atom is 0.199 e. The summed E-state index contributed by atoms with van der Waals surface area (Å²) in [5.41, 5.74) is 0. The van der Waals surface area contributed by atoms with E-state index < -0.39 is 0 Å². The van der Waals surface area contributed by atoms with Gasteiger partial charge in [0, 0.05) is 6.42 Å². The summed E-state index contributed by atoms with van der Waals surface area (Å²) in [5.74, 6) is 0.588. The molecule has 0 fully saturated rings. The van der Waals surface area contributed by atoms with E-state index in [2.05, 4.69) is 19.9 Å². The second-order valence-electron chi connectivity index (χ2n) is 3.33. The fourth-order valence-electron chi connectivity index (χ4n) is 1.17. The summed E-state index contributed by atoms with van der Waals surface area (Å²) in [4.78, 5) is 0. The summed E-state index contributed by atoms with van der Waals surface area (Å²) in [7, 11) is 0. The Morgan fingerprint density at radius 2 is 2.42 bits per heavy atom. The van der Waals surface area contributed by atoms with E-state index in [-0.39, 0.29) is 6.29 Å². The van der Waals surface area contributed by atoms with Crippen LogP contribution in [0, 0.1) is 5.92 Å². The van der Waals surface area contributed by atoms with Crippen molar-refractivity contribution in [3.63, 3.8) is 0 Å². The number of hydrogen-bond acceptors (Lipinski definition) is 2. The van der Waals surface area contributed by atoms with Crippen LogP contribution >= 0.6 is 0 Å². The van der Waals surface area contributed by atoms with E-state index in [9.17, 15) is 0 Å². The van der Waals surface area contributed by atoms with Crippen LogP contribution in [0.15, 0.2) is 12.3 Å². The van der Waals surface area contributed by atoms with Gasteiger partial charge in [0.15, 0.2) is 6.29 Å². The van der Waals surface area contributed by atoms with Gasteiger partial charge in [0.1, 0.15) is 0 Å². The highest BCUT2D eigenvalue weighted by molar-refractivity contribution is 4.85. The van der Waals surface area contributed by atoms with Crippen LogP contribution in [0.2, 0.25) is 0 Å². The maximum atomic E-state index is 5.52. The first kappa shape index (κ1) is 9.59. The van der Waals surface area contributed by atoms with E-state index in [1.54, 1.807) is 6.26 Å². The molecular weight excluding hydrogens is 152 g/mol. The molecule has 0 saturated carbocycles. The van der Waals surface area contributed by atoms with Crippen LogP contribution in [0.4, 0.5) is 0 Å². The molecule has 1 rings (SSSR count). The number of hydrogen-bond donors (Lipinski definition) is 0. The fraction of sp³-hybridized carbons (Fsp3) is 0.800. The average molecular weight is 170 g/mol. The van der Waals surface area contributed by atoms with E-state index in [0.29, 0.717) is 5.92 Å². The van der Waals surface area contributed by atoms with Crippen LogP contribution in [0.1, 0.15) is 33.1 Å². The van der Waals surface area contributed by atoms with Crippen LogP contribution in [0.25, 0.3) is 0 Å². The Kier molecular flexibility index (Phi) is 4.15. The topological polar surface area (TPSA) is 18.5 Å². The zero-order chi connectivity index (χ0) is 8.81. The van der Waals surface area contributed by atoms with E-state index in [4.69, 9.17) is 9.47 Å². The van der Waals surface area contributed by atoms with Crippen LogP contribution in [0.5, 0.6) is 0 Å². The molecule has 1 aliphatic rings. The molecule has 70 valence electrons. The first-order valence-electron chi connectivity index (χ1n) is 4.76. The summed E-state index contributed by atoms with van der Waals surface area (Å²) in [6.07, 6.45) is 7.11. The van der Waals surface area contributed by atoms with Crippen molar-refractivity contribution < 1.29 is 9.47 Å². The summed E-state index contributed by atoms with van der Waals surface area (Å²) in [6.45, 7) is 5.16. The predicted octanol–water partition coefficient (Wildman–Crippen LogP) is 2.70. The van der Waals surface area contributed by atoms with Crippen molar-refractivity contribution in [2.24, 2.45) is 5.92 Å². The lowest BCUT2D eigenvalue weighted by atomic mass is 10.1. The Bertz CT molecular complexity index is 143. The van der Waals surface area contributed by atoms with Crippen molar-refractivity contribution >= 4 is 0 Å². The second-order valence-corrected chi connectivity index (χ2v) is 3.33. The molecule has 0 N–H and O–H groups in total. The average Bonchev–Trinajstić information content (AvgIpc) is 2.05. The third kappa shape index (κ3) is 3.26. The summed E-state index contributed by atoms with van der Waals surface area (Å²) in [5, 5.41) is 0. The van der Waals surface area contributed by atoms with Crippen LogP contribution in [0.3, 0.4) is 0 Å². The van der Waals surface area contributed by atoms with Crippen molar-refractivity contribution in [3.05, 3.63) is 12.3 Å². The summed E-state index contributed by atoms with van der Waals surface area (Å²) >= 11 is 0. The molecular formula is C10H18O2. The molecule has 0 spiro atoms. The molecule has 2 atom stereocenters. The monoisotopic (exact) mass is 170 g/mol. The van der Waals surface area contributed by atoms with Crippen molar-refractivity contribution in [2.75, 3.05) is 6.61 Å². The lowest BCUT2D eigenvalue weighted by Gasteiger charge is -2.23. The van der Waals surface area contributed by atoms with Gasteiger partial charge in [0.2, 0.25) is 0 Å². The number of ether oxygens (including phenoxy) is 2. The first-order valence-corrected chi connectivity index (χ1v) is 4.76. The highest BCUT2D eigenvalue weighted by atomic mass is 16.7. The van der Waals surface area contributed by atoms with Crippen LogP contribution in [-0.4, -0.2) is 12.9 Å². The first-order chi connectivity index (χ1) is 5.83. The van der Waals surface area contributed by atoms with Gasteiger partial charge in [-0.25, -0.2) is 0 Å². The molecule has 2 heteroatoms. The molecule has 0 amide bonds. The Morgan fingerprint density at radius 3 is 3.08 bits per heavy atom. The minimum Gasteiger partial charge on any atom is -0.473 e. The highest BCUT2D eigenvalue weighted by Crippen LogP contribution is 2.17. The second kappa shape index (κ2) is 5.20. The molecule has 0 saturated heterocycles. The van der Waals surface area contributed by atoms with Gasteiger partial charge in [-0.3, -0.25) is 0 Å². The number of rotatable bonds is 4. The van der Waals surface area contributed by atoms with Crippen molar-refractivity contribution in [1.82, 2.24) is 0 Å². The van der Waals surface area contributed by atoms with Crippen LogP contribution < -0.4 is 0 Å². The largest absolute Gasteiger partial charge is 0.473 e. The van der Waals surface area contributed by atoms with E-state index in [1.807, 2.05) is 0 Å². The lowest BCUT2D eigenvalue weighted by molar-refractivity contribution is -0.122. The Hall–Kier alpha value is -0.500. The molecule has 0 aromatic heterocycles. The molecule has 12 heavy (non-hydrogen) atoms. The van der Waals surface area contributed by atoms with Gasteiger partial charge in [0.25, 0.3) is 0 Å². The Labute approximate surface area is 74.6 Å². The molecule has 0 radical (unpaired) electrons. The molecule has 0 aliphatic carbocycles. The van der Waals surface area contributed by atoms with E-state index in [0.717, 1.165) is 19.4 Å². The minimum atomic E-state index is -0.00319. The molecule has 2 nitrogen and oxygen atoms in total. The van der Waals surface area contributed by atoms with Crippen molar-refractivity contribution in [1.29, 1.82) is 0 Å². The maximum absolute atomic E-state index is 5.52. The zero-order valence-electron chi connectivity index (χ0n) is 7.95. The van der Waals surface area contributed by atoms with Gasteiger partial charge in [-0.05, 0) is 18.4 Å². The quantitative estimate of drug-likeness (QED) is 0.604. The van der Waals surface area contributed by atoms with Crippen molar-refractivity contribution in [2.45, 2.75) is 39.4 Å². The van der Waals surface area contributed by atoms with Gasteiger partial charge in [-0.1, -0.05) is 20.3 Å². The Balaban J connectivity index is 2.12.